The van der Waals surface area contributed by atoms with E-state index in [4.69, 9.17) is 19.7 Å². The van der Waals surface area contributed by atoms with E-state index in [2.05, 4.69) is 10.5 Å². The summed E-state index contributed by atoms with van der Waals surface area (Å²) < 4.78 is 34.0. The van der Waals surface area contributed by atoms with Gasteiger partial charge in [-0.05, 0) is 60.5 Å². The van der Waals surface area contributed by atoms with Crippen LogP contribution in [0.3, 0.4) is 0 Å². The summed E-state index contributed by atoms with van der Waals surface area (Å²) >= 11 is 0. The number of aliphatic hydroxyl groups is 2. The summed E-state index contributed by atoms with van der Waals surface area (Å²) in [6.07, 6.45) is 1.69. The standard InChI is InChI=1S/C37H34FN3O7/c38-30-22(25-12-7-13-40-25)16-26(46-17-19-8-3-1-4-9-19)28-23(30)14-21-15-24-31(39)33-29(35(44)37(24,45)34(43)27(21)32(28)42)36(41-48-33)47-18-20-10-5-2-6-11-20/h1-6,8-11,16,21,24-25,31,40,42,45H,7,12-15,17-18,39H2/t21-,24-,25?,31-,37-/m0/s1. The van der Waals surface area contributed by atoms with E-state index in [1.165, 1.54) is 0 Å². The molecule has 2 heterocycles. The molecule has 3 aliphatic carbocycles. The zero-order chi connectivity index (χ0) is 33.2. The van der Waals surface area contributed by atoms with Gasteiger partial charge in [-0.15, -0.1) is 0 Å². The summed E-state index contributed by atoms with van der Waals surface area (Å²) in [4.78, 5) is 28.5. The average Bonchev–Trinajstić information content (AvgIpc) is 3.80. The number of rotatable bonds is 7. The fraction of sp³-hybridized carbons (Fsp3) is 0.324. The van der Waals surface area contributed by atoms with Crippen LogP contribution in [-0.4, -0.2) is 39.1 Å². The van der Waals surface area contributed by atoms with Gasteiger partial charge in [-0.25, -0.2) is 4.39 Å². The SMILES string of the molecule is N[C@@H]1c2onc(OCc3ccccc3)c2C(=O)[C@@]2(O)C(=O)C3=C(O)c4c(OCc5ccccc5)cc(C5CCCN5)c(F)c4C[C@H]3C[C@@H]12. The van der Waals surface area contributed by atoms with Crippen molar-refractivity contribution in [2.75, 3.05) is 6.54 Å². The number of carbonyl (C=O) groups excluding carboxylic acids is 2. The molecule has 1 unspecified atom stereocenters. The number of hydrogen-bond donors (Lipinski definition) is 4. The van der Waals surface area contributed by atoms with Crippen molar-refractivity contribution in [3.05, 3.63) is 117 Å². The molecule has 1 aromatic heterocycles. The van der Waals surface area contributed by atoms with Crippen LogP contribution >= 0.6 is 0 Å². The van der Waals surface area contributed by atoms with E-state index >= 15 is 4.39 Å². The lowest BCUT2D eigenvalue weighted by Gasteiger charge is -2.47. The summed E-state index contributed by atoms with van der Waals surface area (Å²) in [5.74, 6) is -4.72. The number of ether oxygens (including phenoxy) is 2. The van der Waals surface area contributed by atoms with E-state index in [1.807, 2.05) is 60.7 Å². The van der Waals surface area contributed by atoms with Gasteiger partial charge in [0.05, 0.1) is 11.6 Å². The Labute approximate surface area is 275 Å². The van der Waals surface area contributed by atoms with Crippen molar-refractivity contribution in [2.45, 2.75) is 56.6 Å². The Morgan fingerprint density at radius 1 is 1.00 bits per heavy atom. The van der Waals surface area contributed by atoms with Crippen molar-refractivity contribution in [1.82, 2.24) is 10.5 Å². The van der Waals surface area contributed by atoms with Crippen LogP contribution in [0.2, 0.25) is 0 Å². The second-order valence-corrected chi connectivity index (χ2v) is 13.0. The fourth-order valence-electron chi connectivity index (χ4n) is 7.83. The van der Waals surface area contributed by atoms with E-state index in [9.17, 15) is 19.8 Å². The number of nitrogens with one attached hydrogen (secondary N) is 1. The van der Waals surface area contributed by atoms with Crippen LogP contribution in [0.4, 0.5) is 4.39 Å². The highest BCUT2D eigenvalue weighted by Gasteiger charge is 2.64. The molecule has 11 heteroatoms. The molecular formula is C37H34FN3O7. The topological polar surface area (TPSA) is 157 Å². The molecule has 0 radical (unpaired) electrons. The highest BCUT2D eigenvalue weighted by Crippen LogP contribution is 2.55. The summed E-state index contributed by atoms with van der Waals surface area (Å²) in [5, 5.41) is 31.2. The Morgan fingerprint density at radius 3 is 2.35 bits per heavy atom. The van der Waals surface area contributed by atoms with E-state index in [-0.39, 0.29) is 71.8 Å². The number of nitrogens with two attached hydrogens (primary N) is 1. The molecule has 0 spiro atoms. The quantitative estimate of drug-likeness (QED) is 0.199. The molecule has 1 saturated carbocycles. The van der Waals surface area contributed by atoms with Crippen LogP contribution < -0.4 is 20.5 Å². The number of benzene rings is 3. The molecule has 1 saturated heterocycles. The van der Waals surface area contributed by atoms with Crippen LogP contribution in [-0.2, 0) is 24.4 Å². The fourth-order valence-corrected chi connectivity index (χ4v) is 7.83. The van der Waals surface area contributed by atoms with E-state index in [1.54, 1.807) is 6.07 Å². The molecular weight excluding hydrogens is 617 g/mol. The minimum atomic E-state index is -2.63. The van der Waals surface area contributed by atoms with Crippen LogP contribution in [0.15, 0.2) is 76.8 Å². The molecule has 0 amide bonds. The summed E-state index contributed by atoms with van der Waals surface area (Å²) in [7, 11) is 0. The number of aliphatic hydroxyl groups excluding tert-OH is 1. The molecule has 4 aliphatic rings. The van der Waals surface area contributed by atoms with Crippen LogP contribution in [0.1, 0.15) is 75.3 Å². The van der Waals surface area contributed by atoms with Crippen molar-refractivity contribution in [2.24, 2.45) is 17.6 Å². The third-order valence-electron chi connectivity index (χ3n) is 10.3. The van der Waals surface area contributed by atoms with Gasteiger partial charge in [-0.3, -0.25) is 9.59 Å². The lowest BCUT2D eigenvalue weighted by atomic mass is 9.57. The third-order valence-corrected chi connectivity index (χ3v) is 10.3. The highest BCUT2D eigenvalue weighted by atomic mass is 19.1. The number of halogens is 1. The van der Waals surface area contributed by atoms with E-state index < -0.39 is 46.6 Å². The third kappa shape index (κ3) is 4.68. The van der Waals surface area contributed by atoms with Crippen molar-refractivity contribution < 1.29 is 38.2 Å². The number of aromatic nitrogens is 1. The molecule has 1 aliphatic heterocycles. The predicted octanol–water partition coefficient (Wildman–Crippen LogP) is 5.05. The molecule has 48 heavy (non-hydrogen) atoms. The summed E-state index contributed by atoms with van der Waals surface area (Å²) in [5.41, 5.74) is 6.00. The Hall–Kier alpha value is -4.84. The second-order valence-electron chi connectivity index (χ2n) is 13.0. The molecule has 10 nitrogen and oxygen atoms in total. The first-order chi connectivity index (χ1) is 23.3. The number of hydrogen-bond acceptors (Lipinski definition) is 10. The molecule has 0 bridgehead atoms. The normalized spacial score (nSPS) is 26.1. The van der Waals surface area contributed by atoms with Gasteiger partial charge in [0, 0.05) is 28.7 Å². The Bertz CT molecular complexity index is 1950. The zero-order valence-electron chi connectivity index (χ0n) is 25.9. The molecule has 5 atom stereocenters. The second kappa shape index (κ2) is 11.7. The monoisotopic (exact) mass is 651 g/mol. The van der Waals surface area contributed by atoms with Crippen molar-refractivity contribution in [3.63, 3.8) is 0 Å². The minimum absolute atomic E-state index is 0.00997. The van der Waals surface area contributed by atoms with Crippen LogP contribution in [0, 0.1) is 17.7 Å². The van der Waals surface area contributed by atoms with Crippen LogP contribution in [0.5, 0.6) is 11.6 Å². The number of ketones is 2. The first-order valence-corrected chi connectivity index (χ1v) is 16.2. The van der Waals surface area contributed by atoms with E-state index in [0.717, 1.165) is 30.5 Å². The Balaban J connectivity index is 1.19. The number of nitrogens with zero attached hydrogens (tertiary/aromatic N) is 1. The van der Waals surface area contributed by atoms with Crippen molar-refractivity contribution in [1.29, 1.82) is 0 Å². The van der Waals surface area contributed by atoms with Crippen molar-refractivity contribution in [3.8, 4) is 11.6 Å². The van der Waals surface area contributed by atoms with Gasteiger partial charge in [0.25, 0.3) is 5.88 Å². The first kappa shape index (κ1) is 30.5. The number of fused-ring (bicyclic) bond motifs is 4. The lowest BCUT2D eigenvalue weighted by Crippen LogP contribution is -2.63. The van der Waals surface area contributed by atoms with Gasteiger partial charge in [0.15, 0.2) is 11.4 Å². The molecule has 3 aromatic carbocycles. The maximum atomic E-state index is 16.4. The zero-order valence-corrected chi connectivity index (χ0v) is 25.9. The van der Waals surface area contributed by atoms with Gasteiger partial charge in [-0.2, -0.15) is 0 Å². The summed E-state index contributed by atoms with van der Waals surface area (Å²) in [6.45, 7) is 0.944. The largest absolute Gasteiger partial charge is 0.507 e. The van der Waals surface area contributed by atoms with Gasteiger partial charge in [0.2, 0.25) is 11.6 Å². The Kier molecular flexibility index (Phi) is 7.43. The molecule has 4 aromatic rings. The van der Waals surface area contributed by atoms with Gasteiger partial charge in [0.1, 0.15) is 36.1 Å². The molecule has 246 valence electrons. The Morgan fingerprint density at radius 2 is 1.69 bits per heavy atom. The van der Waals surface area contributed by atoms with Crippen molar-refractivity contribution >= 4 is 17.3 Å². The van der Waals surface area contributed by atoms with Gasteiger partial charge < -0.3 is 35.3 Å². The summed E-state index contributed by atoms with van der Waals surface area (Å²) in [6, 6.07) is 18.9. The van der Waals surface area contributed by atoms with E-state index in [0.29, 0.717) is 5.56 Å². The smallest absolute Gasteiger partial charge is 0.265 e. The number of Topliss-reactive ketones (excluding diaryl/α,β-unsaturated/α-hetero) is 2. The van der Waals surface area contributed by atoms with Gasteiger partial charge in [-0.1, -0.05) is 60.7 Å². The lowest BCUT2D eigenvalue weighted by molar-refractivity contribution is -0.140. The maximum absolute atomic E-state index is 16.4. The molecule has 8 rings (SSSR count). The molecule has 2 fully saturated rings. The maximum Gasteiger partial charge on any atom is 0.265 e. The number of carbonyl (C=O) groups is 2. The predicted molar refractivity (Wildman–Crippen MR) is 170 cm³/mol. The average molecular weight is 652 g/mol. The minimum Gasteiger partial charge on any atom is -0.507 e. The molecule has 5 N–H and O–H groups in total. The van der Waals surface area contributed by atoms with Crippen LogP contribution in [0.25, 0.3) is 5.76 Å². The van der Waals surface area contributed by atoms with Gasteiger partial charge >= 0.3 is 0 Å². The highest BCUT2D eigenvalue weighted by molar-refractivity contribution is 6.26. The first-order valence-electron chi connectivity index (χ1n) is 16.2.